The van der Waals surface area contributed by atoms with Gasteiger partial charge in [-0.25, -0.2) is 9.29 Å². The molecule has 0 saturated heterocycles. The van der Waals surface area contributed by atoms with E-state index in [1.54, 1.807) is 6.92 Å². The topological polar surface area (TPSA) is 46.6 Å². The van der Waals surface area contributed by atoms with Crippen molar-refractivity contribution < 1.29 is 18.7 Å². The number of halogens is 1. The van der Waals surface area contributed by atoms with Gasteiger partial charge in [-0.05, 0) is 44.2 Å². The van der Waals surface area contributed by atoms with Crippen molar-refractivity contribution in [3.8, 4) is 18.1 Å². The maximum Gasteiger partial charge on any atom is 0.261 e. The molecule has 0 spiro atoms. The maximum atomic E-state index is 14.4. The summed E-state index contributed by atoms with van der Waals surface area (Å²) in [6.45, 7) is 1.71. The molecule has 0 atom stereocenters. The van der Waals surface area contributed by atoms with Crippen LogP contribution in [0.25, 0.3) is 0 Å². The number of hydrogen-bond acceptors (Lipinski definition) is 3. The molecule has 1 aromatic rings. The Morgan fingerprint density at radius 3 is 2.39 bits per heavy atom. The zero-order valence-electron chi connectivity index (χ0n) is 12.8. The number of imide groups is 1. The summed E-state index contributed by atoms with van der Waals surface area (Å²) in [7, 11) is 0. The highest BCUT2D eigenvalue weighted by Gasteiger charge is 2.40. The molecular formula is C18H16FNO3. The summed E-state index contributed by atoms with van der Waals surface area (Å²) in [6, 6.07) is 2.62. The van der Waals surface area contributed by atoms with Gasteiger partial charge in [0.25, 0.3) is 11.8 Å². The minimum atomic E-state index is -0.628. The number of carbonyl (C=O) groups excluding carboxylic acids is 2. The predicted molar refractivity (Wildman–Crippen MR) is 83.5 cm³/mol. The molecule has 1 aliphatic carbocycles. The molecule has 3 rings (SSSR count). The van der Waals surface area contributed by atoms with E-state index in [1.165, 1.54) is 12.1 Å². The largest absolute Gasteiger partial charge is 0.481 e. The first-order chi connectivity index (χ1) is 11.0. The zero-order chi connectivity index (χ0) is 16.6. The third-order valence-electron chi connectivity index (χ3n) is 4.19. The molecule has 0 saturated carbocycles. The highest BCUT2D eigenvalue weighted by Crippen LogP contribution is 2.38. The Hall–Kier alpha value is -2.61. The normalized spacial score (nSPS) is 17.3. The molecule has 1 aliphatic heterocycles. The van der Waals surface area contributed by atoms with Crippen LogP contribution in [0, 0.1) is 25.1 Å². The Morgan fingerprint density at radius 2 is 1.83 bits per heavy atom. The molecule has 1 heterocycles. The molecule has 1 aromatic carbocycles. The van der Waals surface area contributed by atoms with Crippen LogP contribution in [0.4, 0.5) is 10.1 Å². The number of ether oxygens (including phenoxy) is 1. The van der Waals surface area contributed by atoms with E-state index in [9.17, 15) is 14.0 Å². The first-order valence-electron chi connectivity index (χ1n) is 7.51. The quantitative estimate of drug-likeness (QED) is 0.637. The number of carbonyl (C=O) groups is 2. The van der Waals surface area contributed by atoms with Gasteiger partial charge in [0, 0.05) is 17.2 Å². The number of amides is 2. The van der Waals surface area contributed by atoms with E-state index in [1.807, 2.05) is 0 Å². The zero-order valence-corrected chi connectivity index (χ0v) is 12.8. The molecular weight excluding hydrogens is 297 g/mol. The summed E-state index contributed by atoms with van der Waals surface area (Å²) in [5.41, 5.74) is 1.52. The Balaban J connectivity index is 2.01. The third kappa shape index (κ3) is 2.50. The molecule has 0 fully saturated rings. The Morgan fingerprint density at radius 1 is 1.22 bits per heavy atom. The van der Waals surface area contributed by atoms with Crippen LogP contribution in [0.5, 0.6) is 5.75 Å². The molecule has 2 amide bonds. The van der Waals surface area contributed by atoms with Crippen LogP contribution in [0.15, 0.2) is 23.3 Å². The fourth-order valence-corrected chi connectivity index (χ4v) is 3.05. The Bertz CT molecular complexity index is 745. The molecule has 5 heteroatoms. The lowest BCUT2D eigenvalue weighted by Crippen LogP contribution is -2.32. The van der Waals surface area contributed by atoms with E-state index in [-0.39, 0.29) is 12.3 Å². The summed E-state index contributed by atoms with van der Waals surface area (Å²) in [5, 5.41) is 0. The molecule has 0 bridgehead atoms. The monoisotopic (exact) mass is 313 g/mol. The van der Waals surface area contributed by atoms with Gasteiger partial charge >= 0.3 is 0 Å². The van der Waals surface area contributed by atoms with Gasteiger partial charge in [-0.2, -0.15) is 0 Å². The van der Waals surface area contributed by atoms with E-state index in [0.717, 1.165) is 17.7 Å². The van der Waals surface area contributed by atoms with Gasteiger partial charge in [-0.3, -0.25) is 9.59 Å². The summed E-state index contributed by atoms with van der Waals surface area (Å²) >= 11 is 0. The number of anilines is 1. The Kier molecular flexibility index (Phi) is 3.91. The molecule has 0 radical (unpaired) electrons. The molecule has 0 N–H and O–H groups in total. The number of hydrogen-bond donors (Lipinski definition) is 0. The van der Waals surface area contributed by atoms with Crippen LogP contribution in [0.2, 0.25) is 0 Å². The number of nitrogens with zero attached hydrogens (tertiary/aromatic N) is 1. The SMILES string of the molecule is C#CCOc1cc(N2C(=O)C3=C(CCCC3)C2=O)c(F)cc1C. The maximum absolute atomic E-state index is 14.4. The summed E-state index contributed by atoms with van der Waals surface area (Å²) in [4.78, 5) is 26.0. The third-order valence-corrected chi connectivity index (χ3v) is 4.19. The van der Waals surface area contributed by atoms with Crippen molar-refractivity contribution in [3.63, 3.8) is 0 Å². The van der Waals surface area contributed by atoms with Crippen molar-refractivity contribution in [2.24, 2.45) is 0 Å². The number of aryl methyl sites for hydroxylation is 1. The van der Waals surface area contributed by atoms with Crippen molar-refractivity contribution in [3.05, 3.63) is 34.7 Å². The predicted octanol–water partition coefficient (Wildman–Crippen LogP) is 2.89. The highest BCUT2D eigenvalue weighted by atomic mass is 19.1. The first kappa shape index (κ1) is 15.3. The van der Waals surface area contributed by atoms with Crippen molar-refractivity contribution in [2.75, 3.05) is 11.5 Å². The van der Waals surface area contributed by atoms with E-state index in [4.69, 9.17) is 11.2 Å². The molecule has 23 heavy (non-hydrogen) atoms. The van der Waals surface area contributed by atoms with Crippen molar-refractivity contribution in [2.45, 2.75) is 32.6 Å². The van der Waals surface area contributed by atoms with E-state index in [0.29, 0.717) is 35.3 Å². The summed E-state index contributed by atoms with van der Waals surface area (Å²) < 4.78 is 19.7. The van der Waals surface area contributed by atoms with Crippen LogP contribution < -0.4 is 9.64 Å². The van der Waals surface area contributed by atoms with Gasteiger partial charge in [0.1, 0.15) is 18.2 Å². The van der Waals surface area contributed by atoms with E-state index >= 15 is 0 Å². The average Bonchev–Trinajstić information content (AvgIpc) is 2.79. The van der Waals surface area contributed by atoms with Crippen LogP contribution in [-0.4, -0.2) is 18.4 Å². The molecule has 4 nitrogen and oxygen atoms in total. The van der Waals surface area contributed by atoms with Crippen LogP contribution in [0.1, 0.15) is 31.2 Å². The fraction of sp³-hybridized carbons (Fsp3) is 0.333. The smallest absolute Gasteiger partial charge is 0.261 e. The molecule has 118 valence electrons. The average molecular weight is 313 g/mol. The minimum absolute atomic E-state index is 0.0303. The van der Waals surface area contributed by atoms with Crippen molar-refractivity contribution >= 4 is 17.5 Å². The number of terminal acetylenes is 1. The second-order valence-electron chi connectivity index (χ2n) is 5.67. The van der Waals surface area contributed by atoms with E-state index in [2.05, 4.69) is 5.92 Å². The lowest BCUT2D eigenvalue weighted by Gasteiger charge is -2.18. The van der Waals surface area contributed by atoms with Gasteiger partial charge in [0.15, 0.2) is 0 Å². The molecule has 0 aromatic heterocycles. The minimum Gasteiger partial charge on any atom is -0.481 e. The van der Waals surface area contributed by atoms with Gasteiger partial charge in [0.05, 0.1) is 5.69 Å². The van der Waals surface area contributed by atoms with Gasteiger partial charge in [-0.15, -0.1) is 6.42 Å². The van der Waals surface area contributed by atoms with Gasteiger partial charge < -0.3 is 4.74 Å². The van der Waals surface area contributed by atoms with Crippen LogP contribution in [0.3, 0.4) is 0 Å². The van der Waals surface area contributed by atoms with Crippen LogP contribution >= 0.6 is 0 Å². The van der Waals surface area contributed by atoms with Crippen molar-refractivity contribution in [1.29, 1.82) is 0 Å². The van der Waals surface area contributed by atoms with Crippen LogP contribution in [-0.2, 0) is 9.59 Å². The van der Waals surface area contributed by atoms with Gasteiger partial charge in [-0.1, -0.05) is 5.92 Å². The number of rotatable bonds is 3. The molecule has 2 aliphatic rings. The van der Waals surface area contributed by atoms with E-state index < -0.39 is 17.6 Å². The molecule has 0 unspecified atom stereocenters. The number of benzene rings is 1. The lowest BCUT2D eigenvalue weighted by molar-refractivity contribution is -0.120. The summed E-state index contributed by atoms with van der Waals surface area (Å²) in [6.07, 6.45) is 8.06. The highest BCUT2D eigenvalue weighted by molar-refractivity contribution is 6.33. The van der Waals surface area contributed by atoms with Gasteiger partial charge in [0.2, 0.25) is 0 Å². The first-order valence-corrected chi connectivity index (χ1v) is 7.51. The van der Waals surface area contributed by atoms with Crippen molar-refractivity contribution in [1.82, 2.24) is 0 Å². The second kappa shape index (κ2) is 5.88. The second-order valence-corrected chi connectivity index (χ2v) is 5.67. The standard InChI is InChI=1S/C18H16FNO3/c1-3-8-23-16-10-15(14(19)9-11(16)2)20-17(21)12-6-4-5-7-13(12)18(20)22/h1,9-10H,4-8H2,2H3. The lowest BCUT2D eigenvalue weighted by atomic mass is 9.93. The summed E-state index contributed by atoms with van der Waals surface area (Å²) in [5.74, 6) is 1.23. The fourth-order valence-electron chi connectivity index (χ4n) is 3.05. The Labute approximate surface area is 133 Å².